The number of hydrogen-bond donors (Lipinski definition) is 6. The third-order valence-electron chi connectivity index (χ3n) is 3.15. The maximum absolute atomic E-state index is 13.6. The van der Waals surface area contributed by atoms with Crippen LogP contribution in [0.2, 0.25) is 0 Å². The number of aliphatic hydroxyl groups is 1. The molecule has 1 aromatic rings. The van der Waals surface area contributed by atoms with Crippen molar-refractivity contribution in [3.05, 3.63) is 29.3 Å². The van der Waals surface area contributed by atoms with Crippen LogP contribution >= 0.6 is 0 Å². The SMILES string of the molecule is NC(=O)NCCC[C@H](NC(=O)O)C(=O)Nc1cc(F)c(CO)c(F)c1. The Kier molecular flexibility index (Phi) is 7.53. The van der Waals surface area contributed by atoms with E-state index in [4.69, 9.17) is 15.9 Å². The summed E-state index contributed by atoms with van der Waals surface area (Å²) >= 11 is 0. The molecule has 9 nitrogen and oxygen atoms in total. The van der Waals surface area contributed by atoms with Gasteiger partial charge in [0.05, 0.1) is 6.61 Å². The number of carboxylic acid groups (broad SMARTS) is 1. The van der Waals surface area contributed by atoms with E-state index in [9.17, 15) is 23.2 Å². The standard InChI is InChI=1S/C14H18F2N4O5/c15-9-4-7(5-10(16)8(9)6-21)19-12(22)11(20-14(24)25)2-1-3-18-13(17)23/h4-5,11,20-21H,1-3,6H2,(H,19,22)(H,24,25)(H3,17,18,23)/t11-/m0/s1. The van der Waals surface area contributed by atoms with Gasteiger partial charge in [-0.15, -0.1) is 0 Å². The maximum Gasteiger partial charge on any atom is 0.405 e. The molecule has 0 heterocycles. The molecule has 138 valence electrons. The van der Waals surface area contributed by atoms with Crippen LogP contribution in [-0.4, -0.2) is 40.8 Å². The Labute approximate surface area is 141 Å². The smallest absolute Gasteiger partial charge is 0.405 e. The van der Waals surface area contributed by atoms with E-state index in [-0.39, 0.29) is 25.1 Å². The summed E-state index contributed by atoms with van der Waals surface area (Å²) < 4.78 is 27.2. The highest BCUT2D eigenvalue weighted by molar-refractivity contribution is 5.96. The van der Waals surface area contributed by atoms with Crippen molar-refractivity contribution < 1.29 is 33.4 Å². The highest BCUT2D eigenvalue weighted by atomic mass is 19.1. The summed E-state index contributed by atoms with van der Waals surface area (Å²) in [4.78, 5) is 33.4. The zero-order valence-electron chi connectivity index (χ0n) is 13.0. The zero-order valence-corrected chi connectivity index (χ0v) is 13.0. The van der Waals surface area contributed by atoms with Gasteiger partial charge in [0.15, 0.2) is 0 Å². The van der Waals surface area contributed by atoms with Gasteiger partial charge in [0, 0.05) is 17.8 Å². The number of carbonyl (C=O) groups excluding carboxylic acids is 2. The number of carbonyl (C=O) groups is 3. The van der Waals surface area contributed by atoms with Gasteiger partial charge < -0.3 is 31.9 Å². The molecule has 7 N–H and O–H groups in total. The van der Waals surface area contributed by atoms with Crippen LogP contribution in [0.15, 0.2) is 12.1 Å². The molecule has 0 aliphatic carbocycles. The fourth-order valence-electron chi connectivity index (χ4n) is 1.99. The molecular formula is C14H18F2N4O5. The van der Waals surface area contributed by atoms with Gasteiger partial charge in [0.2, 0.25) is 5.91 Å². The summed E-state index contributed by atoms with van der Waals surface area (Å²) in [6.45, 7) is -0.725. The molecule has 0 unspecified atom stereocenters. The average Bonchev–Trinajstić information content (AvgIpc) is 2.49. The minimum absolute atomic E-state index is 0.0120. The summed E-state index contributed by atoms with van der Waals surface area (Å²) in [5.74, 6) is -2.94. The molecule has 0 aromatic heterocycles. The molecule has 1 rings (SSSR count). The topological polar surface area (TPSA) is 154 Å². The Morgan fingerprint density at radius 2 is 1.80 bits per heavy atom. The van der Waals surface area contributed by atoms with Crippen LogP contribution in [0.25, 0.3) is 0 Å². The Balaban J connectivity index is 2.77. The second-order valence-corrected chi connectivity index (χ2v) is 5.00. The lowest BCUT2D eigenvalue weighted by Gasteiger charge is -2.17. The summed E-state index contributed by atoms with van der Waals surface area (Å²) in [6.07, 6.45) is -1.22. The van der Waals surface area contributed by atoms with E-state index in [1.54, 1.807) is 0 Å². The van der Waals surface area contributed by atoms with Crippen molar-refractivity contribution >= 4 is 23.7 Å². The molecule has 0 radical (unpaired) electrons. The number of rotatable bonds is 8. The Bertz CT molecular complexity index is 633. The second kappa shape index (κ2) is 9.37. The number of nitrogens with one attached hydrogen (secondary N) is 3. The summed E-state index contributed by atoms with van der Waals surface area (Å²) in [5.41, 5.74) is 4.10. The van der Waals surface area contributed by atoms with Crippen molar-refractivity contribution in [2.75, 3.05) is 11.9 Å². The lowest BCUT2D eigenvalue weighted by molar-refractivity contribution is -0.118. The average molecular weight is 360 g/mol. The minimum Gasteiger partial charge on any atom is -0.465 e. The molecule has 4 amide bonds. The van der Waals surface area contributed by atoms with E-state index >= 15 is 0 Å². The second-order valence-electron chi connectivity index (χ2n) is 5.00. The van der Waals surface area contributed by atoms with Gasteiger partial charge in [-0.2, -0.15) is 0 Å². The summed E-state index contributed by atoms with van der Waals surface area (Å²) in [5, 5.41) is 24.1. The van der Waals surface area contributed by atoms with Gasteiger partial charge in [-0.1, -0.05) is 0 Å². The van der Waals surface area contributed by atoms with Crippen molar-refractivity contribution in [2.45, 2.75) is 25.5 Å². The number of nitrogens with two attached hydrogens (primary N) is 1. The Morgan fingerprint density at radius 3 is 2.28 bits per heavy atom. The van der Waals surface area contributed by atoms with Gasteiger partial charge in [0.25, 0.3) is 0 Å². The first-order valence-electron chi connectivity index (χ1n) is 7.17. The summed E-state index contributed by atoms with van der Waals surface area (Å²) in [7, 11) is 0. The van der Waals surface area contributed by atoms with Gasteiger partial charge >= 0.3 is 12.1 Å². The van der Waals surface area contributed by atoms with Crippen molar-refractivity contribution in [1.82, 2.24) is 10.6 Å². The predicted molar refractivity (Wildman–Crippen MR) is 82.7 cm³/mol. The monoisotopic (exact) mass is 360 g/mol. The van der Waals surface area contributed by atoms with Crippen molar-refractivity contribution in [3.8, 4) is 0 Å². The molecule has 0 aliphatic heterocycles. The number of amides is 4. The number of urea groups is 1. The normalized spacial score (nSPS) is 11.5. The third kappa shape index (κ3) is 6.59. The molecule has 11 heteroatoms. The number of anilines is 1. The molecule has 0 bridgehead atoms. The van der Waals surface area contributed by atoms with Crippen LogP contribution in [-0.2, 0) is 11.4 Å². The molecular weight excluding hydrogens is 342 g/mol. The van der Waals surface area contributed by atoms with E-state index in [2.05, 4.69) is 10.6 Å². The quantitative estimate of drug-likeness (QED) is 0.372. The maximum atomic E-state index is 13.6. The number of aliphatic hydroxyl groups excluding tert-OH is 1. The Morgan fingerprint density at radius 1 is 1.20 bits per heavy atom. The van der Waals surface area contributed by atoms with Crippen LogP contribution < -0.4 is 21.7 Å². The van der Waals surface area contributed by atoms with E-state index in [1.165, 1.54) is 0 Å². The van der Waals surface area contributed by atoms with Crippen LogP contribution in [0.4, 0.5) is 24.1 Å². The molecule has 25 heavy (non-hydrogen) atoms. The first-order chi connectivity index (χ1) is 11.7. The minimum atomic E-state index is -1.46. The van der Waals surface area contributed by atoms with Crippen LogP contribution in [0.5, 0.6) is 0 Å². The van der Waals surface area contributed by atoms with Crippen LogP contribution in [0.3, 0.4) is 0 Å². The fourth-order valence-corrected chi connectivity index (χ4v) is 1.99. The largest absolute Gasteiger partial charge is 0.465 e. The predicted octanol–water partition coefficient (Wildman–Crippen LogP) is 0.480. The van der Waals surface area contributed by atoms with Gasteiger partial charge in [-0.05, 0) is 25.0 Å². The van der Waals surface area contributed by atoms with Crippen LogP contribution in [0, 0.1) is 11.6 Å². The highest BCUT2D eigenvalue weighted by Gasteiger charge is 2.21. The number of hydrogen-bond acceptors (Lipinski definition) is 4. The molecule has 1 aromatic carbocycles. The van der Waals surface area contributed by atoms with Gasteiger partial charge in [0.1, 0.15) is 17.7 Å². The van der Waals surface area contributed by atoms with Crippen molar-refractivity contribution in [2.24, 2.45) is 5.73 Å². The lowest BCUT2D eigenvalue weighted by Crippen LogP contribution is -2.43. The number of benzene rings is 1. The van der Waals surface area contributed by atoms with Gasteiger partial charge in [-0.3, -0.25) is 4.79 Å². The molecule has 0 fully saturated rings. The number of halogens is 2. The summed E-state index contributed by atoms with van der Waals surface area (Å²) in [6, 6.07) is -0.365. The van der Waals surface area contributed by atoms with E-state index < -0.39 is 47.9 Å². The van der Waals surface area contributed by atoms with E-state index in [0.29, 0.717) is 0 Å². The van der Waals surface area contributed by atoms with E-state index in [1.807, 2.05) is 5.32 Å². The van der Waals surface area contributed by atoms with Crippen LogP contribution in [0.1, 0.15) is 18.4 Å². The Hall–Kier alpha value is -2.95. The molecule has 0 saturated heterocycles. The van der Waals surface area contributed by atoms with Crippen molar-refractivity contribution in [1.29, 1.82) is 0 Å². The molecule has 1 atom stereocenters. The number of primary amides is 1. The third-order valence-corrected chi connectivity index (χ3v) is 3.15. The first-order valence-corrected chi connectivity index (χ1v) is 7.17. The molecule has 0 spiro atoms. The first kappa shape index (κ1) is 20.1. The lowest BCUT2D eigenvalue weighted by atomic mass is 10.1. The molecule has 0 saturated carbocycles. The highest BCUT2D eigenvalue weighted by Crippen LogP contribution is 2.19. The molecule has 0 aliphatic rings. The fraction of sp³-hybridized carbons (Fsp3) is 0.357. The van der Waals surface area contributed by atoms with E-state index in [0.717, 1.165) is 12.1 Å². The van der Waals surface area contributed by atoms with Gasteiger partial charge in [-0.25, -0.2) is 18.4 Å². The van der Waals surface area contributed by atoms with Crippen molar-refractivity contribution in [3.63, 3.8) is 0 Å². The zero-order chi connectivity index (χ0) is 19.0.